The van der Waals surface area contributed by atoms with Crippen LogP contribution < -0.4 is 10.2 Å². The summed E-state index contributed by atoms with van der Waals surface area (Å²) < 4.78 is 5.48. The monoisotopic (exact) mass is 478 g/mol. The van der Waals surface area contributed by atoms with E-state index in [1.54, 1.807) is 18.2 Å². The number of anilines is 1. The summed E-state index contributed by atoms with van der Waals surface area (Å²) in [5.74, 6) is 0.513. The molecule has 34 heavy (non-hydrogen) atoms. The molecule has 2 heterocycles. The summed E-state index contributed by atoms with van der Waals surface area (Å²) in [4.78, 5) is 23.4. The van der Waals surface area contributed by atoms with E-state index in [0.717, 1.165) is 48.6 Å². The Morgan fingerprint density at radius 3 is 2.88 bits per heavy atom. The molecule has 1 aliphatic carbocycles. The number of halogens is 1. The maximum atomic E-state index is 12.9. The maximum absolute atomic E-state index is 12.9. The molecule has 2 aliphatic rings. The van der Waals surface area contributed by atoms with E-state index in [0.29, 0.717) is 34.1 Å². The van der Waals surface area contributed by atoms with Crippen LogP contribution in [0.2, 0.25) is 5.02 Å². The van der Waals surface area contributed by atoms with Crippen molar-refractivity contribution in [1.82, 2.24) is 15.3 Å². The zero-order valence-electron chi connectivity index (χ0n) is 19.0. The third-order valence-electron chi connectivity index (χ3n) is 6.23. The third-order valence-corrected chi connectivity index (χ3v) is 6.47. The van der Waals surface area contributed by atoms with Crippen molar-refractivity contribution in [3.63, 3.8) is 0 Å². The fraction of sp³-hybridized carbons (Fsp3) is 0.308. The van der Waals surface area contributed by atoms with Gasteiger partial charge in [0.2, 0.25) is 0 Å². The summed E-state index contributed by atoms with van der Waals surface area (Å²) in [6, 6.07) is 11.3. The summed E-state index contributed by atoms with van der Waals surface area (Å²) in [7, 11) is 0. The molecule has 0 saturated carbocycles. The summed E-state index contributed by atoms with van der Waals surface area (Å²) >= 11 is 6.05. The minimum absolute atomic E-state index is 0.0210. The average Bonchev–Trinajstić information content (AvgIpc) is 3.27. The first-order valence-corrected chi connectivity index (χ1v) is 11.8. The summed E-state index contributed by atoms with van der Waals surface area (Å²) in [6.45, 7) is 5.41. The number of fused-ring (bicyclic) bond motifs is 1. The van der Waals surface area contributed by atoms with Gasteiger partial charge in [-0.3, -0.25) is 4.79 Å². The number of aryl methyl sites for hydroxylation is 1. The lowest BCUT2D eigenvalue weighted by Gasteiger charge is -2.29. The fourth-order valence-corrected chi connectivity index (χ4v) is 4.66. The molecule has 1 aromatic heterocycles. The number of morpholine rings is 1. The molecule has 0 radical (unpaired) electrons. The van der Waals surface area contributed by atoms with Gasteiger partial charge in [0, 0.05) is 42.5 Å². The molecule has 0 spiro atoms. The van der Waals surface area contributed by atoms with E-state index in [4.69, 9.17) is 21.3 Å². The summed E-state index contributed by atoms with van der Waals surface area (Å²) in [5.41, 5.74) is 5.77. The number of carbonyl (C=O) groups is 1. The number of aliphatic hydroxyl groups excluding tert-OH is 1. The minimum Gasteiger partial charge on any atom is -0.387 e. The predicted octanol–water partition coefficient (Wildman–Crippen LogP) is 3.92. The molecule has 1 saturated heterocycles. The van der Waals surface area contributed by atoms with Crippen LogP contribution in [-0.4, -0.2) is 53.7 Å². The molecule has 3 N–H and O–H groups in total. The first-order valence-electron chi connectivity index (χ1n) is 11.4. The number of ether oxygens (including phenoxy) is 1. The molecular formula is C26H27ClN4O3. The lowest BCUT2D eigenvalue weighted by atomic mass is 9.99. The standard InChI is InChI=1S/C26H27ClN4O3/c1-16-12-19(31-8-10-34-11-9-31)14-21-25(16)30-26(29-21)24-20(6-3-7-22(24)32)28-15-23(33)17-4-2-5-18(27)13-17/h2-6,12-14,23,28,33H,7-11,15H2,1H3,(H,29,30)/t23-/m1/s1. The Bertz CT molecular complexity index is 1290. The number of imidazole rings is 1. The van der Waals surface area contributed by atoms with Gasteiger partial charge in [-0.1, -0.05) is 29.8 Å². The number of H-pyrrole nitrogens is 1. The van der Waals surface area contributed by atoms with Crippen molar-refractivity contribution in [2.45, 2.75) is 19.4 Å². The number of hydrogen-bond donors (Lipinski definition) is 3. The molecular weight excluding hydrogens is 452 g/mol. The fourth-order valence-electron chi connectivity index (χ4n) is 4.46. The van der Waals surface area contributed by atoms with E-state index in [1.165, 1.54) is 0 Å². The van der Waals surface area contributed by atoms with Gasteiger partial charge in [0.1, 0.15) is 5.82 Å². The topological polar surface area (TPSA) is 90.5 Å². The maximum Gasteiger partial charge on any atom is 0.172 e. The van der Waals surface area contributed by atoms with E-state index >= 15 is 0 Å². The third kappa shape index (κ3) is 4.59. The molecule has 1 atom stereocenters. The highest BCUT2D eigenvalue weighted by Crippen LogP contribution is 2.30. The van der Waals surface area contributed by atoms with Crippen LogP contribution in [0.25, 0.3) is 16.6 Å². The van der Waals surface area contributed by atoms with E-state index in [-0.39, 0.29) is 12.3 Å². The molecule has 2 aromatic carbocycles. The van der Waals surface area contributed by atoms with Crippen molar-refractivity contribution < 1.29 is 14.6 Å². The number of benzene rings is 2. The molecule has 0 unspecified atom stereocenters. The number of hydrogen-bond acceptors (Lipinski definition) is 6. The zero-order valence-corrected chi connectivity index (χ0v) is 19.7. The summed E-state index contributed by atoms with van der Waals surface area (Å²) in [5, 5.41) is 14.4. The van der Waals surface area contributed by atoms with Crippen LogP contribution in [0, 0.1) is 6.92 Å². The molecule has 3 aromatic rings. The van der Waals surface area contributed by atoms with Gasteiger partial charge in [-0.25, -0.2) is 4.98 Å². The Labute approximate surface area is 203 Å². The average molecular weight is 479 g/mol. The number of Topliss-reactive ketones (excluding diaryl/α,β-unsaturated/α-hetero) is 1. The number of ketones is 1. The van der Waals surface area contributed by atoms with Crippen LogP contribution in [-0.2, 0) is 9.53 Å². The molecule has 176 valence electrons. The Morgan fingerprint density at radius 2 is 2.09 bits per heavy atom. The number of carbonyl (C=O) groups excluding carboxylic acids is 1. The van der Waals surface area contributed by atoms with Crippen molar-refractivity contribution in [3.05, 3.63) is 76.2 Å². The van der Waals surface area contributed by atoms with Gasteiger partial charge < -0.3 is 25.0 Å². The second kappa shape index (κ2) is 9.62. The molecule has 1 fully saturated rings. The minimum atomic E-state index is -0.771. The van der Waals surface area contributed by atoms with E-state index < -0.39 is 6.10 Å². The van der Waals surface area contributed by atoms with Crippen LogP contribution in [0.15, 0.2) is 54.2 Å². The Morgan fingerprint density at radius 1 is 1.26 bits per heavy atom. The Hall–Kier alpha value is -3.13. The highest BCUT2D eigenvalue weighted by Gasteiger charge is 2.24. The zero-order chi connectivity index (χ0) is 23.7. The number of aromatic nitrogens is 2. The van der Waals surface area contributed by atoms with Crippen LogP contribution in [0.4, 0.5) is 5.69 Å². The highest BCUT2D eigenvalue weighted by molar-refractivity contribution is 6.30. The first kappa shape index (κ1) is 22.7. The highest BCUT2D eigenvalue weighted by atomic mass is 35.5. The van der Waals surface area contributed by atoms with Crippen molar-refractivity contribution >= 4 is 39.7 Å². The Balaban J connectivity index is 1.45. The van der Waals surface area contributed by atoms with Crippen molar-refractivity contribution in [2.24, 2.45) is 0 Å². The molecule has 0 bridgehead atoms. The van der Waals surface area contributed by atoms with Gasteiger partial charge in [-0.15, -0.1) is 0 Å². The second-order valence-electron chi connectivity index (χ2n) is 8.61. The van der Waals surface area contributed by atoms with E-state index in [9.17, 15) is 9.90 Å². The van der Waals surface area contributed by atoms with Gasteiger partial charge >= 0.3 is 0 Å². The normalized spacial score (nSPS) is 17.5. The molecule has 7 nitrogen and oxygen atoms in total. The molecule has 5 rings (SSSR count). The number of aliphatic hydroxyl groups is 1. The van der Waals surface area contributed by atoms with Gasteiger partial charge in [0.25, 0.3) is 0 Å². The second-order valence-corrected chi connectivity index (χ2v) is 9.05. The van der Waals surface area contributed by atoms with Gasteiger partial charge in [0.05, 0.1) is 35.9 Å². The molecule has 8 heteroatoms. The first-order chi connectivity index (χ1) is 16.5. The van der Waals surface area contributed by atoms with Crippen LogP contribution in [0.3, 0.4) is 0 Å². The van der Waals surface area contributed by atoms with Crippen LogP contribution in [0.5, 0.6) is 0 Å². The van der Waals surface area contributed by atoms with E-state index in [2.05, 4.69) is 27.3 Å². The van der Waals surface area contributed by atoms with Gasteiger partial charge in [-0.2, -0.15) is 0 Å². The Kier molecular flexibility index (Phi) is 6.41. The summed E-state index contributed by atoms with van der Waals surface area (Å²) in [6.07, 6.45) is 3.24. The molecule has 0 amide bonds. The van der Waals surface area contributed by atoms with Gasteiger partial charge in [0.15, 0.2) is 5.78 Å². The lowest BCUT2D eigenvalue weighted by Crippen LogP contribution is -2.36. The smallest absolute Gasteiger partial charge is 0.172 e. The lowest BCUT2D eigenvalue weighted by molar-refractivity contribution is -0.113. The number of rotatable bonds is 6. The SMILES string of the molecule is Cc1cc(N2CCOCC2)cc2[nH]c(C3=C(NC[C@@H](O)c4cccc(Cl)c4)C=CCC3=O)nc12. The number of allylic oxidation sites excluding steroid dienone is 3. The predicted molar refractivity (Wildman–Crippen MR) is 134 cm³/mol. The molecule has 1 aliphatic heterocycles. The van der Waals surface area contributed by atoms with Gasteiger partial charge in [-0.05, 0) is 48.4 Å². The van der Waals surface area contributed by atoms with Crippen LogP contribution in [0.1, 0.15) is 29.5 Å². The van der Waals surface area contributed by atoms with Crippen molar-refractivity contribution in [3.8, 4) is 0 Å². The van der Waals surface area contributed by atoms with Crippen molar-refractivity contribution in [2.75, 3.05) is 37.7 Å². The quantitative estimate of drug-likeness (QED) is 0.497. The van der Waals surface area contributed by atoms with E-state index in [1.807, 2.05) is 25.1 Å². The van der Waals surface area contributed by atoms with Crippen LogP contribution >= 0.6 is 11.6 Å². The number of nitrogens with zero attached hydrogens (tertiary/aromatic N) is 2. The van der Waals surface area contributed by atoms with Crippen molar-refractivity contribution in [1.29, 1.82) is 0 Å². The number of aromatic amines is 1. The largest absolute Gasteiger partial charge is 0.387 e. The number of nitrogens with one attached hydrogen (secondary N) is 2.